The van der Waals surface area contributed by atoms with Crippen molar-refractivity contribution < 1.29 is 36.8 Å². The first-order chi connectivity index (χ1) is 15.7. The van der Waals surface area contributed by atoms with Crippen LogP contribution >= 0.6 is 11.3 Å². The van der Waals surface area contributed by atoms with E-state index in [0.717, 1.165) is 23.5 Å². The van der Waals surface area contributed by atoms with E-state index >= 15 is 0 Å². The molecule has 2 aromatic heterocycles. The highest BCUT2D eigenvalue weighted by molar-refractivity contribution is 7.22. The number of ether oxygens (including phenoxy) is 2. The summed E-state index contributed by atoms with van der Waals surface area (Å²) in [6, 6.07) is 5.96. The third-order valence-electron chi connectivity index (χ3n) is 4.78. The first kappa shape index (κ1) is 22.9. The van der Waals surface area contributed by atoms with Gasteiger partial charge in [0.15, 0.2) is 10.9 Å². The van der Waals surface area contributed by atoms with Crippen LogP contribution in [-0.2, 0) is 4.74 Å². The molecule has 1 saturated heterocycles. The number of anilines is 1. The second-order valence-corrected chi connectivity index (χ2v) is 7.99. The maximum atomic E-state index is 13.1. The van der Waals surface area contributed by atoms with Gasteiger partial charge in [-0.1, -0.05) is 11.3 Å². The molecular formula is C19H17F3N4O6S. The van der Waals surface area contributed by atoms with Crippen molar-refractivity contribution in [2.75, 3.05) is 44.3 Å². The van der Waals surface area contributed by atoms with Gasteiger partial charge in [-0.05, 0) is 18.2 Å². The number of halogens is 3. The van der Waals surface area contributed by atoms with Crippen LogP contribution in [0.3, 0.4) is 0 Å². The van der Waals surface area contributed by atoms with Gasteiger partial charge in [-0.3, -0.25) is 24.7 Å². The van der Waals surface area contributed by atoms with E-state index in [2.05, 4.69) is 14.6 Å². The topological polar surface area (TPSA) is 111 Å². The van der Waals surface area contributed by atoms with Crippen molar-refractivity contribution in [3.8, 4) is 5.75 Å². The molecule has 10 nitrogen and oxygen atoms in total. The number of morpholine rings is 1. The normalized spacial score (nSPS) is 15.0. The van der Waals surface area contributed by atoms with Gasteiger partial charge in [-0.2, -0.15) is 0 Å². The number of nitrogens with zero attached hydrogens (tertiary/aromatic N) is 4. The molecule has 1 aliphatic rings. The minimum Gasteiger partial charge on any atom is -0.406 e. The van der Waals surface area contributed by atoms with E-state index in [4.69, 9.17) is 9.15 Å². The molecule has 4 rings (SSSR count). The fourth-order valence-corrected chi connectivity index (χ4v) is 4.25. The molecule has 1 aromatic carbocycles. The van der Waals surface area contributed by atoms with Crippen molar-refractivity contribution in [3.05, 3.63) is 46.2 Å². The number of nitro groups is 1. The van der Waals surface area contributed by atoms with Crippen LogP contribution in [-0.4, -0.2) is 66.5 Å². The maximum Gasteiger partial charge on any atom is 0.573 e. The number of carbonyl (C=O) groups excluding carboxylic acids is 1. The minimum absolute atomic E-state index is 0.180. The van der Waals surface area contributed by atoms with E-state index in [1.54, 1.807) is 0 Å². The van der Waals surface area contributed by atoms with Crippen molar-refractivity contribution >= 4 is 38.5 Å². The summed E-state index contributed by atoms with van der Waals surface area (Å²) in [5, 5.41) is 11.1. The predicted octanol–water partition coefficient (Wildman–Crippen LogP) is 3.68. The summed E-state index contributed by atoms with van der Waals surface area (Å²) in [7, 11) is 0. The number of hydrogen-bond donors (Lipinski definition) is 0. The molecule has 176 valence electrons. The van der Waals surface area contributed by atoms with Crippen LogP contribution < -0.4 is 9.64 Å². The van der Waals surface area contributed by atoms with E-state index < -0.39 is 28.8 Å². The highest BCUT2D eigenvalue weighted by Crippen LogP contribution is 2.34. The Morgan fingerprint density at radius 1 is 1.27 bits per heavy atom. The summed E-state index contributed by atoms with van der Waals surface area (Å²) < 4.78 is 52.3. The van der Waals surface area contributed by atoms with Gasteiger partial charge in [0.1, 0.15) is 10.7 Å². The molecule has 1 amide bonds. The van der Waals surface area contributed by atoms with E-state index in [-0.39, 0.29) is 17.4 Å². The van der Waals surface area contributed by atoms with Gasteiger partial charge in [-0.15, -0.1) is 13.2 Å². The number of amides is 1. The summed E-state index contributed by atoms with van der Waals surface area (Å²) in [5.74, 6) is -1.88. The molecule has 3 aromatic rings. The molecule has 14 heteroatoms. The molecule has 0 bridgehead atoms. The van der Waals surface area contributed by atoms with Gasteiger partial charge in [0.25, 0.3) is 5.91 Å². The average Bonchev–Trinajstić information content (AvgIpc) is 3.40. The van der Waals surface area contributed by atoms with Gasteiger partial charge in [-0.25, -0.2) is 4.98 Å². The minimum atomic E-state index is -4.84. The summed E-state index contributed by atoms with van der Waals surface area (Å²) in [6.45, 7) is 3.11. The Labute approximate surface area is 188 Å². The molecule has 0 unspecified atom stereocenters. The summed E-state index contributed by atoms with van der Waals surface area (Å²) >= 11 is 0.996. The quantitative estimate of drug-likeness (QED) is 0.367. The SMILES string of the molecule is O=C(c1ccc([N+](=O)[O-])o1)N(CCN1CCOCC1)c1nc2ccc(OC(F)(F)F)cc2s1. The molecule has 0 radical (unpaired) electrons. The number of carbonyl (C=O) groups is 1. The molecule has 33 heavy (non-hydrogen) atoms. The van der Waals surface area contributed by atoms with Crippen LogP contribution in [0.4, 0.5) is 24.2 Å². The van der Waals surface area contributed by atoms with Crippen molar-refractivity contribution in [3.63, 3.8) is 0 Å². The van der Waals surface area contributed by atoms with Crippen molar-refractivity contribution in [1.29, 1.82) is 0 Å². The van der Waals surface area contributed by atoms with E-state index in [1.807, 2.05) is 0 Å². The Balaban J connectivity index is 1.62. The van der Waals surface area contributed by atoms with E-state index in [9.17, 15) is 28.1 Å². The fourth-order valence-electron chi connectivity index (χ4n) is 3.23. The smallest absolute Gasteiger partial charge is 0.406 e. The summed E-state index contributed by atoms with van der Waals surface area (Å²) in [5.41, 5.74) is 0.374. The monoisotopic (exact) mass is 486 g/mol. The van der Waals surface area contributed by atoms with Crippen LogP contribution in [0.25, 0.3) is 10.2 Å². The number of benzene rings is 1. The summed E-state index contributed by atoms with van der Waals surface area (Å²) in [4.78, 5) is 31.1. The van der Waals surface area contributed by atoms with Gasteiger partial charge in [0.2, 0.25) is 0 Å². The highest BCUT2D eigenvalue weighted by Gasteiger charge is 2.31. The Kier molecular flexibility index (Phi) is 6.49. The van der Waals surface area contributed by atoms with Crippen LogP contribution in [0.5, 0.6) is 5.75 Å². The van der Waals surface area contributed by atoms with Gasteiger partial charge in [0.05, 0.1) is 29.5 Å². The lowest BCUT2D eigenvalue weighted by Gasteiger charge is -2.28. The zero-order valence-corrected chi connectivity index (χ0v) is 17.7. The molecule has 0 spiro atoms. The van der Waals surface area contributed by atoms with Gasteiger partial charge in [0, 0.05) is 32.2 Å². The van der Waals surface area contributed by atoms with Gasteiger partial charge >= 0.3 is 12.2 Å². The number of thiazole rings is 1. The number of rotatable bonds is 7. The molecule has 0 N–H and O–H groups in total. The predicted molar refractivity (Wildman–Crippen MR) is 111 cm³/mol. The van der Waals surface area contributed by atoms with E-state index in [0.29, 0.717) is 43.1 Å². The van der Waals surface area contributed by atoms with Gasteiger partial charge < -0.3 is 13.9 Å². The molecular weight excluding hydrogens is 469 g/mol. The van der Waals surface area contributed by atoms with Crippen LogP contribution in [0.2, 0.25) is 0 Å². The Hall–Kier alpha value is -3.23. The number of alkyl halides is 3. The summed E-state index contributed by atoms with van der Waals surface area (Å²) in [6.07, 6.45) is -4.84. The standard InChI is InChI=1S/C19H17F3N4O6S/c20-19(21,22)32-12-1-2-13-15(11-12)33-18(23-13)25(6-5-24-7-9-30-10-8-24)17(27)14-3-4-16(31-14)26(28)29/h1-4,11H,5-10H2. The zero-order chi connectivity index (χ0) is 23.6. The zero-order valence-electron chi connectivity index (χ0n) is 16.9. The number of furan rings is 1. The lowest BCUT2D eigenvalue weighted by Crippen LogP contribution is -2.43. The van der Waals surface area contributed by atoms with Crippen LogP contribution in [0.1, 0.15) is 10.6 Å². The first-order valence-electron chi connectivity index (χ1n) is 9.72. The third kappa shape index (κ3) is 5.58. The number of aromatic nitrogens is 1. The van der Waals surface area contributed by atoms with Crippen molar-refractivity contribution in [1.82, 2.24) is 9.88 Å². The molecule has 0 aliphatic carbocycles. The third-order valence-corrected chi connectivity index (χ3v) is 5.83. The average molecular weight is 486 g/mol. The van der Waals surface area contributed by atoms with Crippen LogP contribution in [0, 0.1) is 10.1 Å². The molecule has 1 aliphatic heterocycles. The second-order valence-electron chi connectivity index (χ2n) is 6.98. The maximum absolute atomic E-state index is 13.1. The molecule has 1 fully saturated rings. The lowest BCUT2D eigenvalue weighted by molar-refractivity contribution is -0.402. The molecule has 0 saturated carbocycles. The van der Waals surface area contributed by atoms with Crippen LogP contribution in [0.15, 0.2) is 34.7 Å². The largest absolute Gasteiger partial charge is 0.573 e. The second kappa shape index (κ2) is 9.33. The number of fused-ring (bicyclic) bond motifs is 1. The first-order valence-corrected chi connectivity index (χ1v) is 10.5. The van der Waals surface area contributed by atoms with E-state index in [1.165, 1.54) is 23.1 Å². The highest BCUT2D eigenvalue weighted by atomic mass is 32.1. The molecule has 0 atom stereocenters. The Morgan fingerprint density at radius 2 is 2.03 bits per heavy atom. The lowest BCUT2D eigenvalue weighted by atomic mass is 10.3. The fraction of sp³-hybridized carbons (Fsp3) is 0.368. The Morgan fingerprint density at radius 3 is 2.70 bits per heavy atom. The molecule has 3 heterocycles. The van der Waals surface area contributed by atoms with Crippen molar-refractivity contribution in [2.24, 2.45) is 0 Å². The van der Waals surface area contributed by atoms with Crippen molar-refractivity contribution in [2.45, 2.75) is 6.36 Å². The number of hydrogen-bond acceptors (Lipinski definition) is 9. The Bertz CT molecular complexity index is 1160.